The Hall–Kier alpha value is -1.92. The summed E-state index contributed by atoms with van der Waals surface area (Å²) in [4.78, 5) is 11.5. The fourth-order valence-electron chi connectivity index (χ4n) is 1.38. The second kappa shape index (κ2) is 5.61. The summed E-state index contributed by atoms with van der Waals surface area (Å²) >= 11 is 0. The van der Waals surface area contributed by atoms with Crippen LogP contribution < -0.4 is 16.4 Å². The van der Waals surface area contributed by atoms with E-state index in [2.05, 4.69) is 10.6 Å². The van der Waals surface area contributed by atoms with Crippen LogP contribution in [0.1, 0.15) is 16.8 Å². The zero-order valence-electron chi connectivity index (χ0n) is 9.77. The Labute approximate surface area is 102 Å². The molecule has 18 heavy (non-hydrogen) atoms. The lowest BCUT2D eigenvalue weighted by Crippen LogP contribution is -2.21. The van der Waals surface area contributed by atoms with Crippen LogP contribution in [-0.4, -0.2) is 25.7 Å². The van der Waals surface area contributed by atoms with Gasteiger partial charge in [0.25, 0.3) is 5.91 Å². The van der Waals surface area contributed by atoms with Gasteiger partial charge in [-0.15, -0.1) is 0 Å². The molecule has 0 aliphatic heterocycles. The Morgan fingerprint density at radius 3 is 2.61 bits per heavy atom. The molecule has 0 fully saturated rings. The number of nitrogens with one attached hydrogen (secondary N) is 2. The predicted octanol–water partition coefficient (Wildman–Crippen LogP) is 1.99. The van der Waals surface area contributed by atoms with E-state index in [4.69, 9.17) is 5.73 Å². The van der Waals surface area contributed by atoms with E-state index < -0.39 is 12.6 Å². The summed E-state index contributed by atoms with van der Waals surface area (Å²) in [6, 6.07) is 4.41. The molecule has 0 atom stereocenters. The third kappa shape index (κ3) is 4.15. The van der Waals surface area contributed by atoms with Crippen molar-refractivity contribution in [2.45, 2.75) is 12.6 Å². The Balaban J connectivity index is 2.80. The zero-order valence-corrected chi connectivity index (χ0v) is 9.77. The number of nitrogens with two attached hydrogens (primary N) is 1. The number of halogens is 3. The molecule has 1 amide bonds. The maximum atomic E-state index is 12.0. The van der Waals surface area contributed by atoms with E-state index in [1.165, 1.54) is 25.2 Å². The quantitative estimate of drug-likeness (QED) is 0.726. The topological polar surface area (TPSA) is 67.2 Å². The summed E-state index contributed by atoms with van der Waals surface area (Å²) in [6.07, 6.45) is -5.21. The van der Waals surface area contributed by atoms with Crippen LogP contribution in [0.5, 0.6) is 0 Å². The van der Waals surface area contributed by atoms with Crippen LogP contribution in [0.3, 0.4) is 0 Å². The van der Waals surface area contributed by atoms with Crippen molar-refractivity contribution in [3.63, 3.8) is 0 Å². The molecule has 4 N–H and O–H groups in total. The second-order valence-corrected chi connectivity index (χ2v) is 3.68. The van der Waals surface area contributed by atoms with Gasteiger partial charge < -0.3 is 16.4 Å². The molecule has 7 heteroatoms. The minimum atomic E-state index is -4.24. The molecule has 0 radical (unpaired) electrons. The Bertz CT molecular complexity index is 432. The van der Waals surface area contributed by atoms with Gasteiger partial charge in [0.05, 0.1) is 12.0 Å². The molecule has 0 saturated heterocycles. The van der Waals surface area contributed by atoms with E-state index >= 15 is 0 Å². The van der Waals surface area contributed by atoms with Crippen molar-refractivity contribution in [1.29, 1.82) is 0 Å². The summed E-state index contributed by atoms with van der Waals surface area (Å²) in [7, 11) is 1.44. The summed E-state index contributed by atoms with van der Waals surface area (Å²) in [5, 5.41) is 4.97. The van der Waals surface area contributed by atoms with Gasteiger partial charge in [-0.2, -0.15) is 13.2 Å². The Kier molecular flexibility index (Phi) is 4.41. The summed E-state index contributed by atoms with van der Waals surface area (Å²) < 4.78 is 36.1. The zero-order chi connectivity index (χ0) is 13.8. The predicted molar refractivity (Wildman–Crippen MR) is 63.4 cm³/mol. The molecule has 0 heterocycles. The number of amides is 1. The smallest absolute Gasteiger partial charge is 0.390 e. The van der Waals surface area contributed by atoms with Crippen LogP contribution >= 0.6 is 0 Å². The highest BCUT2D eigenvalue weighted by atomic mass is 19.4. The summed E-state index contributed by atoms with van der Waals surface area (Å²) in [5.74, 6) is -0.385. The molecule has 4 nitrogen and oxygen atoms in total. The maximum absolute atomic E-state index is 12.0. The number of anilines is 2. The van der Waals surface area contributed by atoms with Crippen molar-refractivity contribution in [3.05, 3.63) is 23.8 Å². The van der Waals surface area contributed by atoms with Crippen LogP contribution in [0.2, 0.25) is 0 Å². The summed E-state index contributed by atoms with van der Waals surface area (Å²) in [5.41, 5.74) is 6.45. The highest BCUT2D eigenvalue weighted by Gasteiger charge is 2.26. The Morgan fingerprint density at radius 1 is 1.39 bits per heavy atom. The molecule has 0 saturated carbocycles. The number of nitrogen functional groups attached to an aromatic ring is 1. The van der Waals surface area contributed by atoms with Crippen molar-refractivity contribution in [3.8, 4) is 0 Å². The minimum Gasteiger partial charge on any atom is -0.399 e. The first kappa shape index (κ1) is 14.1. The van der Waals surface area contributed by atoms with Crippen molar-refractivity contribution < 1.29 is 18.0 Å². The van der Waals surface area contributed by atoms with E-state index in [0.29, 0.717) is 11.4 Å². The average Bonchev–Trinajstić information content (AvgIpc) is 2.26. The van der Waals surface area contributed by atoms with Crippen LogP contribution in [0.15, 0.2) is 18.2 Å². The van der Waals surface area contributed by atoms with E-state index in [0.717, 1.165) is 0 Å². The molecule has 0 aliphatic carbocycles. The number of carbonyl (C=O) groups excluding carboxylic acids is 1. The first-order valence-electron chi connectivity index (χ1n) is 5.25. The summed E-state index contributed by atoms with van der Waals surface area (Å²) in [6.45, 7) is -0.309. The standard InChI is InChI=1S/C11H14F3N3O/c1-16-10(18)8-3-2-7(15)6-9(8)17-5-4-11(12,13)14/h2-3,6,17H,4-5,15H2,1H3,(H,16,18). The van der Waals surface area contributed by atoms with E-state index in [9.17, 15) is 18.0 Å². The molecule has 0 spiro atoms. The van der Waals surface area contributed by atoms with Crippen molar-refractivity contribution in [2.75, 3.05) is 24.6 Å². The normalized spacial score (nSPS) is 11.1. The fraction of sp³-hybridized carbons (Fsp3) is 0.364. The highest BCUT2D eigenvalue weighted by Crippen LogP contribution is 2.22. The molecule has 0 aromatic heterocycles. The van der Waals surface area contributed by atoms with E-state index in [1.807, 2.05) is 0 Å². The van der Waals surface area contributed by atoms with Gasteiger partial charge in [-0.25, -0.2) is 0 Å². The second-order valence-electron chi connectivity index (χ2n) is 3.68. The number of carbonyl (C=O) groups is 1. The van der Waals surface area contributed by atoms with Gasteiger partial charge in [0, 0.05) is 25.0 Å². The molecule has 1 aromatic rings. The first-order chi connectivity index (χ1) is 8.33. The number of hydrogen-bond donors (Lipinski definition) is 3. The highest BCUT2D eigenvalue weighted by molar-refractivity contribution is 6.00. The van der Waals surface area contributed by atoms with Gasteiger partial charge in [-0.3, -0.25) is 4.79 Å². The first-order valence-corrected chi connectivity index (χ1v) is 5.25. The molecular formula is C11H14F3N3O. The lowest BCUT2D eigenvalue weighted by Gasteiger charge is -2.13. The van der Waals surface area contributed by atoms with Crippen LogP contribution in [0, 0.1) is 0 Å². The van der Waals surface area contributed by atoms with Crippen LogP contribution in [0.25, 0.3) is 0 Å². The van der Waals surface area contributed by atoms with Crippen molar-refractivity contribution >= 4 is 17.3 Å². The molecular weight excluding hydrogens is 247 g/mol. The van der Waals surface area contributed by atoms with Crippen LogP contribution in [0.4, 0.5) is 24.5 Å². The number of alkyl halides is 3. The van der Waals surface area contributed by atoms with Gasteiger partial charge in [0.1, 0.15) is 0 Å². The Morgan fingerprint density at radius 2 is 2.06 bits per heavy atom. The van der Waals surface area contributed by atoms with Crippen molar-refractivity contribution in [1.82, 2.24) is 5.32 Å². The van der Waals surface area contributed by atoms with E-state index in [1.54, 1.807) is 0 Å². The molecule has 0 bridgehead atoms. The molecule has 0 aliphatic rings. The van der Waals surface area contributed by atoms with Gasteiger partial charge in [0.15, 0.2) is 0 Å². The van der Waals surface area contributed by atoms with Gasteiger partial charge in [0.2, 0.25) is 0 Å². The lowest BCUT2D eigenvalue weighted by atomic mass is 10.1. The van der Waals surface area contributed by atoms with Gasteiger partial charge >= 0.3 is 6.18 Å². The van der Waals surface area contributed by atoms with E-state index in [-0.39, 0.29) is 18.0 Å². The maximum Gasteiger partial charge on any atom is 0.390 e. The molecule has 100 valence electrons. The SMILES string of the molecule is CNC(=O)c1ccc(N)cc1NCCC(F)(F)F. The number of rotatable bonds is 4. The minimum absolute atomic E-state index is 0.258. The lowest BCUT2D eigenvalue weighted by molar-refractivity contribution is -0.131. The molecule has 0 unspecified atom stereocenters. The third-order valence-corrected chi connectivity index (χ3v) is 2.24. The number of benzene rings is 1. The van der Waals surface area contributed by atoms with Crippen LogP contribution in [-0.2, 0) is 0 Å². The van der Waals surface area contributed by atoms with Gasteiger partial charge in [-0.05, 0) is 18.2 Å². The monoisotopic (exact) mass is 261 g/mol. The molecule has 1 aromatic carbocycles. The fourth-order valence-corrected chi connectivity index (χ4v) is 1.38. The van der Waals surface area contributed by atoms with Crippen molar-refractivity contribution in [2.24, 2.45) is 0 Å². The van der Waals surface area contributed by atoms with Gasteiger partial charge in [-0.1, -0.05) is 0 Å². The molecule has 1 rings (SSSR count). The number of hydrogen-bond acceptors (Lipinski definition) is 3. The largest absolute Gasteiger partial charge is 0.399 e. The average molecular weight is 261 g/mol. The third-order valence-electron chi connectivity index (χ3n) is 2.24.